The number of carboxylic acid groups (broad SMARTS) is 1. The number of carboxylic acids is 1. The molecule has 1 aliphatic heterocycles. The van der Waals surface area contributed by atoms with Crippen LogP contribution in [0.25, 0.3) is 0 Å². The molecular weight excluding hydrogens is 472 g/mol. The number of para-hydroxylation sites is 1. The molecule has 1 unspecified atom stereocenters. The Kier molecular flexibility index (Phi) is 9.99. The minimum absolute atomic E-state index is 0.0681. The van der Waals surface area contributed by atoms with Crippen LogP contribution in [0.2, 0.25) is 0 Å². The number of benzene rings is 1. The van der Waals surface area contributed by atoms with Gasteiger partial charge in [-0.15, -0.1) is 0 Å². The van der Waals surface area contributed by atoms with Gasteiger partial charge in [-0.05, 0) is 81.7 Å². The maximum atomic E-state index is 12.0. The number of anilines is 1. The normalized spacial score (nSPS) is 15.4. The van der Waals surface area contributed by atoms with Crippen LogP contribution >= 0.6 is 0 Å². The van der Waals surface area contributed by atoms with Crippen LogP contribution in [0.15, 0.2) is 42.5 Å². The Morgan fingerprint density at radius 3 is 2.73 bits per heavy atom. The Labute approximate surface area is 218 Å². The minimum atomic E-state index is -1.06. The van der Waals surface area contributed by atoms with E-state index < -0.39 is 18.1 Å². The first-order valence-electron chi connectivity index (χ1n) is 13.4. The predicted octanol–water partition coefficient (Wildman–Crippen LogP) is 3.88. The van der Waals surface area contributed by atoms with Crippen molar-refractivity contribution >= 4 is 17.9 Å². The standard InChI is InChI=1S/C28H38N4O5/c33-27(34)25(31-28(35)37-24-13-14-24)15-18-32(19-20-36-23-9-2-1-3-10-23)17-5-4-8-22-12-11-21-7-6-16-29-26(21)30-22/h1-3,9-12,24-25H,4-8,13-20H2,(H,29,30)(H,31,35)(H,33,34). The molecule has 9 heteroatoms. The fraction of sp³-hybridized carbons (Fsp3) is 0.536. The number of unbranched alkanes of at least 4 members (excludes halogenated alkanes) is 1. The number of carbonyl (C=O) groups excluding carboxylic acids is 1. The highest BCUT2D eigenvalue weighted by Crippen LogP contribution is 2.23. The Balaban J connectivity index is 1.25. The van der Waals surface area contributed by atoms with Crippen molar-refractivity contribution in [1.29, 1.82) is 0 Å². The number of alkyl carbamates (subject to hydrolysis) is 1. The quantitative estimate of drug-likeness (QED) is 0.310. The average molecular weight is 511 g/mol. The van der Waals surface area contributed by atoms with Crippen molar-refractivity contribution in [3.8, 4) is 5.75 Å². The van der Waals surface area contributed by atoms with Crippen LogP contribution in [0.1, 0.15) is 49.8 Å². The maximum absolute atomic E-state index is 12.0. The molecule has 2 aliphatic rings. The lowest BCUT2D eigenvalue weighted by Gasteiger charge is -2.24. The van der Waals surface area contributed by atoms with Crippen LogP contribution in [0, 0.1) is 0 Å². The lowest BCUT2D eigenvalue weighted by Crippen LogP contribution is -2.44. The minimum Gasteiger partial charge on any atom is -0.492 e. The highest BCUT2D eigenvalue weighted by Gasteiger charge is 2.28. The van der Waals surface area contributed by atoms with Gasteiger partial charge in [0.2, 0.25) is 0 Å². The fourth-order valence-electron chi connectivity index (χ4n) is 4.38. The van der Waals surface area contributed by atoms with Crippen LogP contribution in [0.4, 0.5) is 10.6 Å². The van der Waals surface area contributed by atoms with E-state index in [1.807, 2.05) is 30.3 Å². The van der Waals surface area contributed by atoms with Gasteiger partial charge in [0.1, 0.15) is 30.3 Å². The third-order valence-electron chi connectivity index (χ3n) is 6.65. The van der Waals surface area contributed by atoms with Gasteiger partial charge in [0, 0.05) is 25.3 Å². The van der Waals surface area contributed by atoms with Crippen molar-refractivity contribution in [3.63, 3.8) is 0 Å². The number of aliphatic carboxylic acids is 1. The van der Waals surface area contributed by atoms with Gasteiger partial charge in [-0.25, -0.2) is 14.6 Å². The van der Waals surface area contributed by atoms with E-state index in [1.165, 1.54) is 5.56 Å². The van der Waals surface area contributed by atoms with E-state index in [1.54, 1.807) is 0 Å². The van der Waals surface area contributed by atoms with Gasteiger partial charge in [0.05, 0.1) is 0 Å². The molecule has 1 aliphatic carbocycles. The van der Waals surface area contributed by atoms with Gasteiger partial charge in [0.15, 0.2) is 0 Å². The third-order valence-corrected chi connectivity index (χ3v) is 6.65. The molecule has 1 aromatic carbocycles. The molecule has 1 saturated carbocycles. The second-order valence-electron chi connectivity index (χ2n) is 9.73. The van der Waals surface area contributed by atoms with E-state index >= 15 is 0 Å². The molecule has 37 heavy (non-hydrogen) atoms. The summed E-state index contributed by atoms with van der Waals surface area (Å²) < 4.78 is 11.0. The number of aromatic nitrogens is 1. The van der Waals surface area contributed by atoms with E-state index in [4.69, 9.17) is 14.5 Å². The van der Waals surface area contributed by atoms with Gasteiger partial charge >= 0.3 is 12.1 Å². The summed E-state index contributed by atoms with van der Waals surface area (Å²) >= 11 is 0. The van der Waals surface area contributed by atoms with Crippen LogP contribution in [0.3, 0.4) is 0 Å². The molecular formula is C28H38N4O5. The van der Waals surface area contributed by atoms with Crippen molar-refractivity contribution < 1.29 is 24.2 Å². The molecule has 1 amide bonds. The molecule has 2 heterocycles. The largest absolute Gasteiger partial charge is 0.492 e. The number of aryl methyl sites for hydroxylation is 2. The summed E-state index contributed by atoms with van der Waals surface area (Å²) in [6.07, 6.45) is 6.33. The van der Waals surface area contributed by atoms with E-state index in [9.17, 15) is 14.7 Å². The first-order valence-corrected chi connectivity index (χ1v) is 13.4. The molecule has 1 aromatic heterocycles. The summed E-state index contributed by atoms with van der Waals surface area (Å²) in [5.41, 5.74) is 2.39. The summed E-state index contributed by atoms with van der Waals surface area (Å²) in [4.78, 5) is 30.7. The Morgan fingerprint density at radius 1 is 1.11 bits per heavy atom. The summed E-state index contributed by atoms with van der Waals surface area (Å²) in [5.74, 6) is 0.777. The number of nitrogens with zero attached hydrogens (tertiary/aromatic N) is 2. The van der Waals surface area contributed by atoms with Gasteiger partial charge in [-0.3, -0.25) is 4.90 Å². The number of amides is 1. The van der Waals surface area contributed by atoms with Crippen LogP contribution in [-0.2, 0) is 22.4 Å². The van der Waals surface area contributed by atoms with Crippen molar-refractivity contribution in [3.05, 3.63) is 53.7 Å². The molecule has 1 atom stereocenters. The lowest BCUT2D eigenvalue weighted by molar-refractivity contribution is -0.139. The average Bonchev–Trinajstić information content (AvgIpc) is 3.72. The molecule has 3 N–H and O–H groups in total. The van der Waals surface area contributed by atoms with Crippen LogP contribution < -0.4 is 15.4 Å². The Morgan fingerprint density at radius 2 is 1.95 bits per heavy atom. The van der Waals surface area contributed by atoms with E-state index in [2.05, 4.69) is 27.7 Å². The second-order valence-corrected chi connectivity index (χ2v) is 9.73. The summed E-state index contributed by atoms with van der Waals surface area (Å²) in [6.45, 7) is 3.47. The molecule has 9 nitrogen and oxygen atoms in total. The number of carbonyl (C=O) groups is 2. The molecule has 0 spiro atoms. The highest BCUT2D eigenvalue weighted by molar-refractivity contribution is 5.79. The van der Waals surface area contributed by atoms with Crippen LogP contribution in [0.5, 0.6) is 5.75 Å². The van der Waals surface area contributed by atoms with Crippen molar-refractivity contribution in [2.75, 3.05) is 38.1 Å². The zero-order valence-corrected chi connectivity index (χ0v) is 21.4. The Hall–Kier alpha value is -3.33. The molecule has 0 bridgehead atoms. The number of nitrogens with one attached hydrogen (secondary N) is 2. The summed E-state index contributed by atoms with van der Waals surface area (Å²) in [5, 5.41) is 15.5. The molecule has 200 valence electrons. The smallest absolute Gasteiger partial charge is 0.408 e. The third kappa shape index (κ3) is 9.24. The topological polar surface area (TPSA) is 113 Å². The number of hydrogen-bond acceptors (Lipinski definition) is 7. The summed E-state index contributed by atoms with van der Waals surface area (Å²) in [7, 11) is 0. The summed E-state index contributed by atoms with van der Waals surface area (Å²) in [6, 6.07) is 13.0. The first-order chi connectivity index (χ1) is 18.1. The number of ether oxygens (including phenoxy) is 2. The zero-order valence-electron chi connectivity index (χ0n) is 21.4. The van der Waals surface area contributed by atoms with Crippen molar-refractivity contribution in [1.82, 2.24) is 15.2 Å². The van der Waals surface area contributed by atoms with E-state index in [0.717, 1.165) is 75.3 Å². The lowest BCUT2D eigenvalue weighted by atomic mass is 10.1. The second kappa shape index (κ2) is 13.8. The fourth-order valence-corrected chi connectivity index (χ4v) is 4.38. The first kappa shape index (κ1) is 26.7. The number of fused-ring (bicyclic) bond motifs is 1. The monoisotopic (exact) mass is 510 g/mol. The molecule has 1 fully saturated rings. The molecule has 4 rings (SSSR count). The Bertz CT molecular complexity index is 1010. The molecule has 0 radical (unpaired) electrons. The van der Waals surface area contributed by atoms with Gasteiger partial charge in [0.25, 0.3) is 0 Å². The van der Waals surface area contributed by atoms with Gasteiger partial charge < -0.3 is 25.2 Å². The zero-order chi connectivity index (χ0) is 25.9. The van der Waals surface area contributed by atoms with Crippen LogP contribution in [-0.4, -0.2) is 72.0 Å². The van der Waals surface area contributed by atoms with Gasteiger partial charge in [-0.2, -0.15) is 0 Å². The van der Waals surface area contributed by atoms with Crippen molar-refractivity contribution in [2.45, 2.75) is 63.5 Å². The van der Waals surface area contributed by atoms with Crippen molar-refractivity contribution in [2.24, 2.45) is 0 Å². The molecule has 0 saturated heterocycles. The van der Waals surface area contributed by atoms with Gasteiger partial charge in [-0.1, -0.05) is 24.3 Å². The van der Waals surface area contributed by atoms with E-state index in [0.29, 0.717) is 26.1 Å². The number of pyridine rings is 1. The predicted molar refractivity (Wildman–Crippen MR) is 141 cm³/mol. The SMILES string of the molecule is O=C(NC(CCN(CCCCc1ccc2c(n1)NCCC2)CCOc1ccccc1)C(=O)O)OC1CC1. The highest BCUT2D eigenvalue weighted by atomic mass is 16.6. The maximum Gasteiger partial charge on any atom is 0.408 e. The van der Waals surface area contributed by atoms with E-state index in [-0.39, 0.29) is 6.10 Å². The molecule has 2 aromatic rings. The number of hydrogen-bond donors (Lipinski definition) is 3. The number of rotatable bonds is 15.